The van der Waals surface area contributed by atoms with Crippen LogP contribution in [0.3, 0.4) is 0 Å². The molecule has 15 unspecified atom stereocenters. The number of hydrogen-bond acceptors (Lipinski definition) is 16. The van der Waals surface area contributed by atoms with Gasteiger partial charge in [0.1, 0.15) is 67.1 Å². The molecule has 0 spiro atoms. The summed E-state index contributed by atoms with van der Waals surface area (Å²) < 4.78 is 34.5. The predicted octanol–water partition coefficient (Wildman–Crippen LogP) is -6.03. The minimum Gasteiger partial charge on any atom is -0.394 e. The SMILES string of the molecule is CC(=O)NC1C(OC2C(O)C(CO)OC(OCCCN)C2OC2OC(C)C(O)C(O)C2O)OC(CO)C(O)C1O. The Balaban J connectivity index is 1.95. The Labute approximate surface area is 230 Å². The molecule has 0 aromatic carbocycles. The van der Waals surface area contributed by atoms with Crippen molar-refractivity contribution < 1.29 is 74.1 Å². The lowest BCUT2D eigenvalue weighted by molar-refractivity contribution is -0.385. The second kappa shape index (κ2) is 14.9. The number of nitrogens with two attached hydrogens (primary N) is 1. The minimum absolute atomic E-state index is 0.0414. The van der Waals surface area contributed by atoms with E-state index in [4.69, 9.17) is 34.2 Å². The highest BCUT2D eigenvalue weighted by molar-refractivity contribution is 5.73. The minimum atomic E-state index is -1.75. The van der Waals surface area contributed by atoms with Gasteiger partial charge in [0.25, 0.3) is 0 Å². The van der Waals surface area contributed by atoms with E-state index in [1.54, 1.807) is 0 Å². The number of amides is 1. The van der Waals surface area contributed by atoms with E-state index in [-0.39, 0.29) is 13.2 Å². The van der Waals surface area contributed by atoms with E-state index in [9.17, 15) is 45.6 Å². The van der Waals surface area contributed by atoms with Gasteiger partial charge in [0, 0.05) is 6.92 Å². The van der Waals surface area contributed by atoms with Crippen LogP contribution in [-0.2, 0) is 33.2 Å². The fourth-order valence-electron chi connectivity index (χ4n) is 4.78. The van der Waals surface area contributed by atoms with E-state index >= 15 is 0 Å². The van der Waals surface area contributed by atoms with Crippen molar-refractivity contribution in [3.05, 3.63) is 0 Å². The molecule has 0 radical (unpaired) electrons. The van der Waals surface area contributed by atoms with Gasteiger partial charge >= 0.3 is 0 Å². The summed E-state index contributed by atoms with van der Waals surface area (Å²) in [5, 5.41) is 84.9. The molecule has 3 aliphatic heterocycles. The molecular formula is C23H42N2O15. The highest BCUT2D eigenvalue weighted by Gasteiger charge is 2.54. The van der Waals surface area contributed by atoms with Crippen LogP contribution in [-0.4, -0.2) is 165 Å². The van der Waals surface area contributed by atoms with Crippen molar-refractivity contribution >= 4 is 5.91 Å². The number of carbonyl (C=O) groups is 1. The Morgan fingerprint density at radius 3 is 1.98 bits per heavy atom. The van der Waals surface area contributed by atoms with Crippen LogP contribution in [0.25, 0.3) is 0 Å². The van der Waals surface area contributed by atoms with E-state index in [1.807, 2.05) is 0 Å². The molecule has 0 bridgehead atoms. The van der Waals surface area contributed by atoms with Gasteiger partial charge in [-0.05, 0) is 19.9 Å². The Morgan fingerprint density at radius 2 is 1.38 bits per heavy atom. The molecule has 1 amide bonds. The quantitative estimate of drug-likeness (QED) is 0.101. The summed E-state index contributed by atoms with van der Waals surface area (Å²) in [6, 6.07) is -1.39. The van der Waals surface area contributed by atoms with E-state index < -0.39 is 111 Å². The molecule has 0 aromatic rings. The van der Waals surface area contributed by atoms with Crippen molar-refractivity contribution in [3.63, 3.8) is 0 Å². The summed E-state index contributed by atoms with van der Waals surface area (Å²) in [7, 11) is 0. The number of aliphatic hydroxyl groups excluding tert-OH is 8. The smallest absolute Gasteiger partial charge is 0.217 e. The Morgan fingerprint density at radius 1 is 0.775 bits per heavy atom. The molecule has 234 valence electrons. The van der Waals surface area contributed by atoms with Gasteiger partial charge in [-0.15, -0.1) is 0 Å². The Hall–Kier alpha value is -1.13. The van der Waals surface area contributed by atoms with Gasteiger partial charge in [-0.25, -0.2) is 0 Å². The van der Waals surface area contributed by atoms with Gasteiger partial charge in [0.2, 0.25) is 5.91 Å². The molecule has 3 fully saturated rings. The van der Waals surface area contributed by atoms with E-state index in [0.717, 1.165) is 6.92 Å². The van der Waals surface area contributed by atoms with Crippen LogP contribution in [0.1, 0.15) is 20.3 Å². The summed E-state index contributed by atoms with van der Waals surface area (Å²) in [4.78, 5) is 11.9. The lowest BCUT2D eigenvalue weighted by Crippen LogP contribution is -2.68. The third kappa shape index (κ3) is 7.44. The maximum atomic E-state index is 11.9. The van der Waals surface area contributed by atoms with Crippen molar-refractivity contribution in [3.8, 4) is 0 Å². The number of ether oxygens (including phenoxy) is 6. The Kier molecular flexibility index (Phi) is 12.4. The topological polar surface area (TPSA) is 272 Å². The molecule has 11 N–H and O–H groups in total. The highest BCUT2D eigenvalue weighted by atomic mass is 16.8. The maximum Gasteiger partial charge on any atom is 0.217 e. The van der Waals surface area contributed by atoms with Crippen molar-refractivity contribution in [2.75, 3.05) is 26.4 Å². The number of hydrogen-bond donors (Lipinski definition) is 10. The number of carbonyl (C=O) groups excluding carboxylic acids is 1. The molecular weight excluding hydrogens is 544 g/mol. The first-order valence-corrected chi connectivity index (χ1v) is 13.1. The van der Waals surface area contributed by atoms with Gasteiger partial charge in [0.05, 0.1) is 25.9 Å². The lowest BCUT2D eigenvalue weighted by Gasteiger charge is -2.49. The summed E-state index contributed by atoms with van der Waals surface area (Å²) in [5.74, 6) is -0.618. The molecule has 17 nitrogen and oxygen atoms in total. The maximum absolute atomic E-state index is 11.9. The second-order valence-corrected chi connectivity index (χ2v) is 10.0. The van der Waals surface area contributed by atoms with Gasteiger partial charge in [-0.3, -0.25) is 4.79 Å². The molecule has 15 atom stereocenters. The van der Waals surface area contributed by atoms with E-state index in [1.165, 1.54) is 6.92 Å². The average molecular weight is 587 g/mol. The molecule has 17 heteroatoms. The van der Waals surface area contributed by atoms with Gasteiger partial charge in [-0.2, -0.15) is 0 Å². The molecule has 3 aliphatic rings. The van der Waals surface area contributed by atoms with Crippen molar-refractivity contribution in [1.29, 1.82) is 0 Å². The lowest BCUT2D eigenvalue weighted by atomic mass is 9.95. The van der Waals surface area contributed by atoms with Crippen LogP contribution < -0.4 is 11.1 Å². The van der Waals surface area contributed by atoms with E-state index in [2.05, 4.69) is 5.32 Å². The third-order valence-corrected chi connectivity index (χ3v) is 7.07. The zero-order valence-electron chi connectivity index (χ0n) is 22.2. The zero-order valence-corrected chi connectivity index (χ0v) is 22.2. The van der Waals surface area contributed by atoms with E-state index in [0.29, 0.717) is 6.42 Å². The Bertz CT molecular complexity index is 797. The first kappa shape index (κ1) is 33.4. The third-order valence-electron chi connectivity index (χ3n) is 7.07. The van der Waals surface area contributed by atoms with Crippen LogP contribution in [0, 0.1) is 0 Å². The zero-order chi connectivity index (χ0) is 29.7. The molecule has 40 heavy (non-hydrogen) atoms. The summed E-state index contributed by atoms with van der Waals surface area (Å²) >= 11 is 0. The van der Waals surface area contributed by atoms with Crippen molar-refractivity contribution in [2.24, 2.45) is 5.73 Å². The van der Waals surface area contributed by atoms with Crippen LogP contribution >= 0.6 is 0 Å². The molecule has 3 saturated heterocycles. The monoisotopic (exact) mass is 586 g/mol. The fourth-order valence-corrected chi connectivity index (χ4v) is 4.78. The van der Waals surface area contributed by atoms with Crippen LogP contribution in [0.15, 0.2) is 0 Å². The van der Waals surface area contributed by atoms with Gasteiger partial charge in [0.15, 0.2) is 18.9 Å². The molecule has 3 heterocycles. The number of nitrogens with one attached hydrogen (secondary N) is 1. The molecule has 0 aliphatic carbocycles. The summed E-state index contributed by atoms with van der Waals surface area (Å²) in [5.41, 5.74) is 5.54. The van der Waals surface area contributed by atoms with Crippen molar-refractivity contribution in [1.82, 2.24) is 5.32 Å². The first-order chi connectivity index (χ1) is 18.9. The number of aliphatic hydroxyl groups is 8. The van der Waals surface area contributed by atoms with Crippen LogP contribution in [0.2, 0.25) is 0 Å². The summed E-state index contributed by atoms with van der Waals surface area (Å²) in [6.07, 6.45) is -20.5. The molecule has 0 saturated carbocycles. The van der Waals surface area contributed by atoms with Gasteiger partial charge in [-0.1, -0.05) is 0 Å². The molecule has 0 aromatic heterocycles. The predicted molar refractivity (Wildman–Crippen MR) is 129 cm³/mol. The van der Waals surface area contributed by atoms with Crippen LogP contribution in [0.4, 0.5) is 0 Å². The standard InChI is InChI=1S/C23H42N2O15/c1-8-13(29)17(33)18(34)22(36-8)40-20-19(15(31)11(7-27)38-23(20)35-5-3-4-24)39-21-12(25-9(2)28)16(32)14(30)10(6-26)37-21/h8,10-23,26-27,29-34H,3-7,24H2,1-2H3,(H,25,28). The fraction of sp³-hybridized carbons (Fsp3) is 0.957. The van der Waals surface area contributed by atoms with Gasteiger partial charge < -0.3 is 80.3 Å². The largest absolute Gasteiger partial charge is 0.394 e. The normalized spacial score (nSPS) is 46.2. The number of rotatable bonds is 11. The first-order valence-electron chi connectivity index (χ1n) is 13.1. The highest BCUT2D eigenvalue weighted by Crippen LogP contribution is 2.33. The van der Waals surface area contributed by atoms with Crippen LogP contribution in [0.5, 0.6) is 0 Å². The van der Waals surface area contributed by atoms with Crippen molar-refractivity contribution in [2.45, 2.75) is 112 Å². The summed E-state index contributed by atoms with van der Waals surface area (Å²) in [6.45, 7) is 1.45. The second-order valence-electron chi connectivity index (χ2n) is 10.0. The average Bonchev–Trinajstić information content (AvgIpc) is 2.92. The molecule has 3 rings (SSSR count).